The van der Waals surface area contributed by atoms with Crippen LogP contribution in [0.4, 0.5) is 5.13 Å². The summed E-state index contributed by atoms with van der Waals surface area (Å²) in [6, 6.07) is 0. The van der Waals surface area contributed by atoms with Crippen molar-refractivity contribution in [3.8, 4) is 0 Å². The van der Waals surface area contributed by atoms with Crippen molar-refractivity contribution < 1.29 is 9.53 Å². The van der Waals surface area contributed by atoms with Gasteiger partial charge in [-0.05, 0) is 27.2 Å². The molecule has 0 aliphatic heterocycles. The lowest BCUT2D eigenvalue weighted by molar-refractivity contribution is -0.156. The van der Waals surface area contributed by atoms with Crippen LogP contribution in [-0.2, 0) is 9.53 Å². The largest absolute Gasteiger partial charge is 0.460 e. The van der Waals surface area contributed by atoms with E-state index >= 15 is 0 Å². The number of thiazole rings is 1. The summed E-state index contributed by atoms with van der Waals surface area (Å²) < 4.78 is 5.33. The molecule has 1 aromatic rings. The van der Waals surface area contributed by atoms with Gasteiger partial charge >= 0.3 is 5.97 Å². The molecule has 0 saturated heterocycles. The third kappa shape index (κ3) is 2.52. The lowest BCUT2D eigenvalue weighted by Gasteiger charge is -2.19. The molecule has 1 aliphatic rings. The molecule has 2 N–H and O–H groups in total. The van der Waals surface area contributed by atoms with Gasteiger partial charge in [-0.15, -0.1) is 11.3 Å². The molecule has 0 spiro atoms. The fourth-order valence-corrected chi connectivity index (χ4v) is 2.26. The lowest BCUT2D eigenvalue weighted by Crippen LogP contribution is -2.25. The minimum atomic E-state index is -0.411. The van der Waals surface area contributed by atoms with Crippen LogP contribution in [0.1, 0.15) is 38.8 Å². The first-order valence-electron chi connectivity index (χ1n) is 5.30. The van der Waals surface area contributed by atoms with Gasteiger partial charge in [0.25, 0.3) is 0 Å². The number of carbonyl (C=O) groups is 1. The van der Waals surface area contributed by atoms with E-state index in [1.54, 1.807) is 0 Å². The second kappa shape index (κ2) is 3.73. The average molecular weight is 240 g/mol. The zero-order valence-electron chi connectivity index (χ0n) is 9.69. The molecular formula is C11H16N2O2S. The number of hydrogen-bond acceptors (Lipinski definition) is 5. The Labute approximate surface area is 98.8 Å². The van der Waals surface area contributed by atoms with Crippen LogP contribution in [-0.4, -0.2) is 16.6 Å². The van der Waals surface area contributed by atoms with Gasteiger partial charge in [-0.1, -0.05) is 0 Å². The number of rotatable bonds is 2. The Balaban J connectivity index is 1.94. The highest BCUT2D eigenvalue weighted by Crippen LogP contribution is 2.48. The molecule has 1 fully saturated rings. The van der Waals surface area contributed by atoms with E-state index in [1.807, 2.05) is 26.2 Å². The van der Waals surface area contributed by atoms with Crippen molar-refractivity contribution in [1.29, 1.82) is 0 Å². The molecule has 1 saturated carbocycles. The van der Waals surface area contributed by atoms with Crippen LogP contribution in [0, 0.1) is 5.92 Å². The summed E-state index contributed by atoms with van der Waals surface area (Å²) in [6.45, 7) is 5.63. The molecule has 0 aromatic carbocycles. The van der Waals surface area contributed by atoms with Crippen LogP contribution < -0.4 is 5.73 Å². The fourth-order valence-electron chi connectivity index (χ4n) is 1.63. The molecule has 5 heteroatoms. The zero-order chi connectivity index (χ0) is 11.9. The molecule has 2 rings (SSSR count). The summed E-state index contributed by atoms with van der Waals surface area (Å²) >= 11 is 1.41. The van der Waals surface area contributed by atoms with Crippen molar-refractivity contribution in [2.45, 2.75) is 38.7 Å². The SMILES string of the molecule is CC(C)(C)OC(=O)[C@@H]1C[C@H]1c1csc(N)n1. The van der Waals surface area contributed by atoms with Gasteiger partial charge in [-0.25, -0.2) is 4.98 Å². The first kappa shape index (κ1) is 11.4. The molecule has 1 aliphatic carbocycles. The van der Waals surface area contributed by atoms with E-state index in [2.05, 4.69) is 4.98 Å². The second-order valence-electron chi connectivity index (χ2n) is 5.09. The monoisotopic (exact) mass is 240 g/mol. The number of nitrogens with zero attached hydrogens (tertiary/aromatic N) is 1. The molecular weight excluding hydrogens is 224 g/mol. The molecule has 1 aromatic heterocycles. The van der Waals surface area contributed by atoms with Gasteiger partial charge in [-0.2, -0.15) is 0 Å². The quantitative estimate of drug-likeness (QED) is 0.805. The van der Waals surface area contributed by atoms with Gasteiger partial charge < -0.3 is 10.5 Å². The third-order valence-corrected chi connectivity index (χ3v) is 3.11. The van der Waals surface area contributed by atoms with Gasteiger partial charge in [0.2, 0.25) is 0 Å². The van der Waals surface area contributed by atoms with Gasteiger partial charge in [-0.3, -0.25) is 4.79 Å². The maximum atomic E-state index is 11.7. The van der Waals surface area contributed by atoms with Crippen LogP contribution >= 0.6 is 11.3 Å². The minimum absolute atomic E-state index is 0.0271. The number of carbonyl (C=O) groups excluding carboxylic acids is 1. The summed E-state index contributed by atoms with van der Waals surface area (Å²) in [5, 5.41) is 2.48. The molecule has 0 radical (unpaired) electrons. The zero-order valence-corrected chi connectivity index (χ0v) is 10.5. The predicted molar refractivity (Wildman–Crippen MR) is 63.2 cm³/mol. The third-order valence-electron chi connectivity index (χ3n) is 2.42. The van der Waals surface area contributed by atoms with E-state index in [0.29, 0.717) is 5.13 Å². The Bertz CT molecular complexity index is 408. The molecule has 0 amide bonds. The van der Waals surface area contributed by atoms with Crippen molar-refractivity contribution in [1.82, 2.24) is 4.98 Å². The summed E-state index contributed by atoms with van der Waals surface area (Å²) in [4.78, 5) is 15.9. The number of hydrogen-bond donors (Lipinski definition) is 1. The Morgan fingerprint density at radius 3 is 2.81 bits per heavy atom. The maximum absolute atomic E-state index is 11.7. The topological polar surface area (TPSA) is 65.2 Å². The summed E-state index contributed by atoms with van der Waals surface area (Å²) in [5.41, 5.74) is 6.08. The van der Waals surface area contributed by atoms with Crippen LogP contribution in [0.3, 0.4) is 0 Å². The number of ether oxygens (including phenoxy) is 1. The highest BCUT2D eigenvalue weighted by atomic mass is 32.1. The highest BCUT2D eigenvalue weighted by Gasteiger charge is 2.47. The van der Waals surface area contributed by atoms with E-state index in [0.717, 1.165) is 12.1 Å². The highest BCUT2D eigenvalue weighted by molar-refractivity contribution is 7.13. The van der Waals surface area contributed by atoms with Crippen molar-refractivity contribution in [3.05, 3.63) is 11.1 Å². The van der Waals surface area contributed by atoms with Gasteiger partial charge in [0.1, 0.15) is 5.60 Å². The average Bonchev–Trinajstić information content (AvgIpc) is 2.81. The van der Waals surface area contributed by atoms with Crippen LogP contribution in [0.2, 0.25) is 0 Å². The molecule has 88 valence electrons. The van der Waals surface area contributed by atoms with Crippen LogP contribution in [0.25, 0.3) is 0 Å². The number of nitrogens with two attached hydrogens (primary N) is 1. The molecule has 0 unspecified atom stereocenters. The number of anilines is 1. The van der Waals surface area contributed by atoms with Gasteiger partial charge in [0, 0.05) is 11.3 Å². The number of nitrogen functional groups attached to an aromatic ring is 1. The molecule has 2 atom stereocenters. The summed E-state index contributed by atoms with van der Waals surface area (Å²) in [5.74, 6) is 0.0631. The maximum Gasteiger partial charge on any atom is 0.310 e. The second-order valence-corrected chi connectivity index (χ2v) is 5.98. The smallest absolute Gasteiger partial charge is 0.310 e. The van der Waals surface area contributed by atoms with E-state index in [-0.39, 0.29) is 17.8 Å². The first-order chi connectivity index (χ1) is 7.37. The normalized spacial score (nSPS) is 24.2. The van der Waals surface area contributed by atoms with E-state index < -0.39 is 5.60 Å². The van der Waals surface area contributed by atoms with Crippen molar-refractivity contribution >= 4 is 22.4 Å². The predicted octanol–water partition coefficient (Wildman–Crippen LogP) is 2.17. The molecule has 0 bridgehead atoms. The molecule has 4 nitrogen and oxygen atoms in total. The molecule has 16 heavy (non-hydrogen) atoms. The first-order valence-corrected chi connectivity index (χ1v) is 6.18. The fraction of sp³-hybridized carbons (Fsp3) is 0.636. The number of esters is 1. The molecule has 1 heterocycles. The van der Waals surface area contributed by atoms with Crippen molar-refractivity contribution in [2.24, 2.45) is 5.92 Å². The number of aromatic nitrogens is 1. The Morgan fingerprint density at radius 1 is 1.62 bits per heavy atom. The van der Waals surface area contributed by atoms with E-state index in [9.17, 15) is 4.79 Å². The van der Waals surface area contributed by atoms with E-state index in [1.165, 1.54) is 11.3 Å². The summed E-state index contributed by atoms with van der Waals surface area (Å²) in [7, 11) is 0. The standard InChI is InChI=1S/C11H16N2O2S/c1-11(2,3)15-9(14)7-4-6(7)8-5-16-10(12)13-8/h5-7H,4H2,1-3H3,(H2,12,13)/t6-,7-/m1/s1. The van der Waals surface area contributed by atoms with Crippen molar-refractivity contribution in [2.75, 3.05) is 5.73 Å². The van der Waals surface area contributed by atoms with E-state index in [4.69, 9.17) is 10.5 Å². The summed E-state index contributed by atoms with van der Waals surface area (Å²) in [6.07, 6.45) is 0.831. The Morgan fingerprint density at radius 2 is 2.31 bits per heavy atom. The van der Waals surface area contributed by atoms with Crippen molar-refractivity contribution in [3.63, 3.8) is 0 Å². The Hall–Kier alpha value is -1.10. The lowest BCUT2D eigenvalue weighted by atomic mass is 10.2. The van der Waals surface area contributed by atoms with Crippen LogP contribution in [0.5, 0.6) is 0 Å². The minimum Gasteiger partial charge on any atom is -0.460 e. The Kier molecular flexibility index (Phi) is 2.66. The van der Waals surface area contributed by atoms with Crippen LogP contribution in [0.15, 0.2) is 5.38 Å². The van der Waals surface area contributed by atoms with Gasteiger partial charge in [0.05, 0.1) is 11.6 Å². The van der Waals surface area contributed by atoms with Gasteiger partial charge in [0.15, 0.2) is 5.13 Å².